The fourth-order valence-corrected chi connectivity index (χ4v) is 4.61. The Morgan fingerprint density at radius 3 is 2.47 bits per heavy atom. The highest BCUT2D eigenvalue weighted by Gasteiger charge is 2.32. The minimum absolute atomic E-state index is 0.0647. The quantitative estimate of drug-likeness (QED) is 0.818. The average Bonchev–Trinajstić information content (AvgIpc) is 2.15. The van der Waals surface area contributed by atoms with Crippen LogP contribution in [-0.2, 0) is 10.0 Å². The smallest absolute Gasteiger partial charge is 0.214 e. The SMILES string of the molecule is CC(C)CS(=O)(=O)N1CCCCC1CC(C)N. The van der Waals surface area contributed by atoms with E-state index in [0.29, 0.717) is 6.54 Å². The lowest BCUT2D eigenvalue weighted by Gasteiger charge is -2.36. The van der Waals surface area contributed by atoms with Crippen LogP contribution >= 0.6 is 0 Å². The van der Waals surface area contributed by atoms with E-state index < -0.39 is 10.0 Å². The van der Waals surface area contributed by atoms with Crippen LogP contribution in [0.1, 0.15) is 46.5 Å². The predicted molar refractivity (Wildman–Crippen MR) is 71.2 cm³/mol. The van der Waals surface area contributed by atoms with Crippen LogP contribution in [0.25, 0.3) is 0 Å². The molecule has 17 heavy (non-hydrogen) atoms. The molecule has 1 rings (SSSR count). The first-order chi connectivity index (χ1) is 7.83. The Balaban J connectivity index is 2.76. The fourth-order valence-electron chi connectivity index (χ4n) is 2.52. The maximum Gasteiger partial charge on any atom is 0.214 e. The summed E-state index contributed by atoms with van der Waals surface area (Å²) >= 11 is 0. The van der Waals surface area contributed by atoms with Gasteiger partial charge in [0, 0.05) is 18.6 Å². The standard InChI is InChI=1S/C12H26N2O2S/c1-10(2)9-17(15,16)14-7-5-4-6-12(14)8-11(3)13/h10-12H,4-9,13H2,1-3H3. The number of nitrogens with zero attached hydrogens (tertiary/aromatic N) is 1. The lowest BCUT2D eigenvalue weighted by molar-refractivity contribution is 0.232. The molecule has 0 aromatic heterocycles. The van der Waals surface area contributed by atoms with Crippen LogP contribution in [0.5, 0.6) is 0 Å². The van der Waals surface area contributed by atoms with Gasteiger partial charge in [0.25, 0.3) is 0 Å². The molecule has 0 aromatic rings. The molecule has 4 nitrogen and oxygen atoms in total. The topological polar surface area (TPSA) is 63.4 Å². The summed E-state index contributed by atoms with van der Waals surface area (Å²) in [4.78, 5) is 0. The van der Waals surface area contributed by atoms with Crippen LogP contribution in [0.3, 0.4) is 0 Å². The van der Waals surface area contributed by atoms with Gasteiger partial charge in [-0.15, -0.1) is 0 Å². The molecule has 0 aliphatic carbocycles. The van der Waals surface area contributed by atoms with E-state index in [2.05, 4.69) is 0 Å². The van der Waals surface area contributed by atoms with Gasteiger partial charge in [0.05, 0.1) is 5.75 Å². The summed E-state index contributed by atoms with van der Waals surface area (Å²) in [6, 6.07) is 0.183. The number of rotatable bonds is 5. The van der Waals surface area contributed by atoms with Crippen molar-refractivity contribution in [3.05, 3.63) is 0 Å². The summed E-state index contributed by atoms with van der Waals surface area (Å²) in [5.41, 5.74) is 5.81. The zero-order chi connectivity index (χ0) is 13.1. The van der Waals surface area contributed by atoms with Crippen molar-refractivity contribution in [3.8, 4) is 0 Å². The van der Waals surface area contributed by atoms with Crippen molar-refractivity contribution in [3.63, 3.8) is 0 Å². The van der Waals surface area contributed by atoms with Gasteiger partial charge in [-0.1, -0.05) is 20.3 Å². The molecule has 1 saturated heterocycles. The van der Waals surface area contributed by atoms with E-state index in [1.54, 1.807) is 4.31 Å². The van der Waals surface area contributed by atoms with E-state index in [1.165, 1.54) is 0 Å². The Morgan fingerprint density at radius 1 is 1.29 bits per heavy atom. The van der Waals surface area contributed by atoms with Crippen molar-refractivity contribution < 1.29 is 8.42 Å². The van der Waals surface area contributed by atoms with Crippen molar-refractivity contribution >= 4 is 10.0 Å². The van der Waals surface area contributed by atoms with Gasteiger partial charge in [-0.05, 0) is 32.1 Å². The zero-order valence-electron chi connectivity index (χ0n) is 11.2. The lowest BCUT2D eigenvalue weighted by atomic mass is 9.99. The average molecular weight is 262 g/mol. The van der Waals surface area contributed by atoms with Crippen LogP contribution in [0, 0.1) is 5.92 Å². The highest BCUT2D eigenvalue weighted by Crippen LogP contribution is 2.24. The van der Waals surface area contributed by atoms with E-state index in [-0.39, 0.29) is 23.8 Å². The first kappa shape index (κ1) is 14.9. The number of piperidine rings is 1. The minimum atomic E-state index is -3.10. The van der Waals surface area contributed by atoms with Gasteiger partial charge >= 0.3 is 0 Å². The van der Waals surface area contributed by atoms with Crippen LogP contribution in [0.2, 0.25) is 0 Å². The van der Waals surface area contributed by atoms with Crippen LogP contribution in [0.4, 0.5) is 0 Å². The molecule has 0 saturated carbocycles. The van der Waals surface area contributed by atoms with Crippen molar-refractivity contribution in [1.82, 2.24) is 4.31 Å². The summed E-state index contributed by atoms with van der Waals surface area (Å²) < 4.78 is 26.3. The van der Waals surface area contributed by atoms with Gasteiger partial charge in [0.1, 0.15) is 0 Å². The molecular weight excluding hydrogens is 236 g/mol. The lowest BCUT2D eigenvalue weighted by Crippen LogP contribution is -2.47. The molecule has 1 aliphatic heterocycles. The molecule has 2 atom stereocenters. The van der Waals surface area contributed by atoms with E-state index >= 15 is 0 Å². The summed E-state index contributed by atoms with van der Waals surface area (Å²) in [6.45, 7) is 6.51. The largest absolute Gasteiger partial charge is 0.328 e. The highest BCUT2D eigenvalue weighted by atomic mass is 32.2. The molecule has 1 fully saturated rings. The van der Waals surface area contributed by atoms with Crippen molar-refractivity contribution in [2.45, 2.75) is 58.5 Å². The first-order valence-electron chi connectivity index (χ1n) is 6.58. The fraction of sp³-hybridized carbons (Fsp3) is 1.00. The van der Waals surface area contributed by atoms with E-state index in [1.807, 2.05) is 20.8 Å². The third-order valence-electron chi connectivity index (χ3n) is 3.12. The Morgan fingerprint density at radius 2 is 1.94 bits per heavy atom. The van der Waals surface area contributed by atoms with Gasteiger partial charge in [0.2, 0.25) is 10.0 Å². The van der Waals surface area contributed by atoms with Crippen LogP contribution in [-0.4, -0.2) is 37.1 Å². The zero-order valence-corrected chi connectivity index (χ0v) is 12.0. The normalized spacial score (nSPS) is 25.1. The van der Waals surface area contributed by atoms with Crippen LogP contribution < -0.4 is 5.73 Å². The van der Waals surface area contributed by atoms with Crippen LogP contribution in [0.15, 0.2) is 0 Å². The second-order valence-corrected chi connectivity index (χ2v) is 7.61. The third kappa shape index (κ3) is 4.56. The number of hydrogen-bond donors (Lipinski definition) is 1. The Hall–Kier alpha value is -0.130. The Bertz CT molecular complexity index is 325. The number of hydrogen-bond acceptors (Lipinski definition) is 3. The van der Waals surface area contributed by atoms with E-state index in [4.69, 9.17) is 5.73 Å². The first-order valence-corrected chi connectivity index (χ1v) is 8.19. The second kappa shape index (κ2) is 6.16. The number of sulfonamides is 1. The summed E-state index contributed by atoms with van der Waals surface area (Å²) in [5, 5.41) is 0. The van der Waals surface area contributed by atoms with E-state index in [0.717, 1.165) is 25.7 Å². The molecule has 2 unspecified atom stereocenters. The molecule has 5 heteroatoms. The van der Waals surface area contributed by atoms with Gasteiger partial charge in [-0.3, -0.25) is 0 Å². The van der Waals surface area contributed by atoms with Gasteiger partial charge in [-0.25, -0.2) is 8.42 Å². The monoisotopic (exact) mass is 262 g/mol. The molecule has 2 N–H and O–H groups in total. The third-order valence-corrected chi connectivity index (χ3v) is 5.40. The van der Waals surface area contributed by atoms with Crippen molar-refractivity contribution in [1.29, 1.82) is 0 Å². The summed E-state index contributed by atoms with van der Waals surface area (Å²) in [5.74, 6) is 0.431. The molecule has 0 amide bonds. The van der Waals surface area contributed by atoms with Gasteiger partial charge in [-0.2, -0.15) is 4.31 Å². The molecular formula is C12H26N2O2S. The maximum absolute atomic E-state index is 12.3. The Labute approximate surface area is 106 Å². The number of nitrogens with two attached hydrogens (primary N) is 1. The molecule has 102 valence electrons. The summed E-state index contributed by atoms with van der Waals surface area (Å²) in [7, 11) is -3.10. The van der Waals surface area contributed by atoms with E-state index in [9.17, 15) is 8.42 Å². The molecule has 0 radical (unpaired) electrons. The minimum Gasteiger partial charge on any atom is -0.328 e. The molecule has 1 heterocycles. The highest BCUT2D eigenvalue weighted by molar-refractivity contribution is 7.89. The molecule has 0 spiro atoms. The summed E-state index contributed by atoms with van der Waals surface area (Å²) in [6.07, 6.45) is 3.83. The van der Waals surface area contributed by atoms with Crippen molar-refractivity contribution in [2.75, 3.05) is 12.3 Å². The predicted octanol–water partition coefficient (Wildman–Crippen LogP) is 1.56. The maximum atomic E-state index is 12.3. The van der Waals surface area contributed by atoms with Gasteiger partial charge < -0.3 is 5.73 Å². The van der Waals surface area contributed by atoms with Crippen molar-refractivity contribution in [2.24, 2.45) is 11.7 Å². The van der Waals surface area contributed by atoms with Gasteiger partial charge in [0.15, 0.2) is 0 Å². The Kier molecular flexibility index (Phi) is 5.41. The molecule has 0 bridgehead atoms. The molecule has 1 aliphatic rings. The molecule has 0 aromatic carbocycles. The second-order valence-electron chi connectivity index (χ2n) is 5.65.